The highest BCUT2D eigenvalue weighted by atomic mass is 16.5. The Morgan fingerprint density at radius 2 is 1.82 bits per heavy atom. The van der Waals surface area contributed by atoms with Crippen molar-refractivity contribution >= 4 is 22.8 Å². The van der Waals surface area contributed by atoms with E-state index in [0.29, 0.717) is 19.5 Å². The van der Waals surface area contributed by atoms with Gasteiger partial charge in [-0.2, -0.15) is 5.10 Å². The monoisotopic (exact) mass is 444 g/mol. The number of aromatic amines is 1. The Kier molecular flexibility index (Phi) is 6.88. The second kappa shape index (κ2) is 10.2. The van der Waals surface area contributed by atoms with Crippen LogP contribution >= 0.6 is 0 Å². The SMILES string of the molecule is Cc1nn(Cc2ccccc2)c(C)c1CNC(=O)COC(=O)CCc1c[nH]c2ccccc12. The molecule has 0 atom stereocenters. The van der Waals surface area contributed by atoms with Crippen molar-refractivity contribution in [3.63, 3.8) is 0 Å². The second-order valence-corrected chi connectivity index (χ2v) is 8.09. The summed E-state index contributed by atoms with van der Waals surface area (Å²) in [4.78, 5) is 27.5. The van der Waals surface area contributed by atoms with Gasteiger partial charge in [-0.1, -0.05) is 48.5 Å². The first-order valence-electron chi connectivity index (χ1n) is 11.1. The highest BCUT2D eigenvalue weighted by molar-refractivity contribution is 5.84. The fourth-order valence-corrected chi connectivity index (χ4v) is 3.93. The van der Waals surface area contributed by atoms with Crippen LogP contribution in [0.5, 0.6) is 0 Å². The third-order valence-corrected chi connectivity index (χ3v) is 5.81. The van der Waals surface area contributed by atoms with Crippen molar-refractivity contribution in [2.45, 2.75) is 39.8 Å². The first-order valence-corrected chi connectivity index (χ1v) is 11.1. The Bertz CT molecular complexity index is 1260. The Labute approximate surface area is 192 Å². The van der Waals surface area contributed by atoms with E-state index in [1.54, 1.807) is 0 Å². The van der Waals surface area contributed by atoms with Gasteiger partial charge in [-0.25, -0.2) is 0 Å². The Morgan fingerprint density at radius 3 is 2.64 bits per heavy atom. The maximum absolute atomic E-state index is 12.2. The maximum atomic E-state index is 12.2. The van der Waals surface area contributed by atoms with Crippen LogP contribution in [0.2, 0.25) is 0 Å². The van der Waals surface area contributed by atoms with E-state index in [1.807, 2.05) is 67.2 Å². The summed E-state index contributed by atoms with van der Waals surface area (Å²) in [5.41, 5.74) is 6.12. The molecule has 0 fully saturated rings. The molecule has 2 heterocycles. The lowest BCUT2D eigenvalue weighted by Gasteiger charge is -2.08. The third-order valence-electron chi connectivity index (χ3n) is 5.81. The lowest BCUT2D eigenvalue weighted by atomic mass is 10.1. The number of aryl methyl sites for hydroxylation is 2. The number of amides is 1. The summed E-state index contributed by atoms with van der Waals surface area (Å²) in [5.74, 6) is -0.719. The van der Waals surface area contributed by atoms with Gasteiger partial charge in [0.15, 0.2) is 6.61 Å². The van der Waals surface area contributed by atoms with Gasteiger partial charge >= 0.3 is 5.97 Å². The molecule has 0 radical (unpaired) electrons. The molecule has 33 heavy (non-hydrogen) atoms. The average molecular weight is 445 g/mol. The highest BCUT2D eigenvalue weighted by Gasteiger charge is 2.14. The standard InChI is InChI=1S/C26H28N4O3/c1-18-23(19(2)30(29-18)16-20-8-4-3-5-9-20)15-28-25(31)17-33-26(32)13-12-21-14-27-24-11-7-6-10-22(21)24/h3-11,14,27H,12-13,15-17H2,1-2H3,(H,28,31). The molecule has 2 aromatic carbocycles. The largest absolute Gasteiger partial charge is 0.456 e. The summed E-state index contributed by atoms with van der Waals surface area (Å²) in [6, 6.07) is 18.1. The number of H-pyrrole nitrogens is 1. The van der Waals surface area contributed by atoms with Crippen molar-refractivity contribution in [1.82, 2.24) is 20.1 Å². The number of para-hydroxylation sites is 1. The molecule has 0 bridgehead atoms. The second-order valence-electron chi connectivity index (χ2n) is 8.09. The number of aromatic nitrogens is 3. The zero-order valence-electron chi connectivity index (χ0n) is 18.9. The van der Waals surface area contributed by atoms with Gasteiger partial charge in [0.1, 0.15) is 0 Å². The van der Waals surface area contributed by atoms with Crippen molar-refractivity contribution in [2.24, 2.45) is 0 Å². The number of esters is 1. The molecule has 7 nitrogen and oxygen atoms in total. The van der Waals surface area contributed by atoms with Gasteiger partial charge < -0.3 is 15.0 Å². The summed E-state index contributed by atoms with van der Waals surface area (Å²) in [7, 11) is 0. The van der Waals surface area contributed by atoms with Gasteiger partial charge in [0.05, 0.1) is 12.2 Å². The number of hydrogen-bond donors (Lipinski definition) is 2. The molecule has 7 heteroatoms. The molecular weight excluding hydrogens is 416 g/mol. The molecule has 2 N–H and O–H groups in total. The summed E-state index contributed by atoms with van der Waals surface area (Å²) >= 11 is 0. The van der Waals surface area contributed by atoms with Crippen LogP contribution in [0.4, 0.5) is 0 Å². The van der Waals surface area contributed by atoms with Crippen LogP contribution in [-0.4, -0.2) is 33.2 Å². The molecule has 4 aromatic rings. The molecule has 0 saturated heterocycles. The molecule has 0 spiro atoms. The smallest absolute Gasteiger partial charge is 0.306 e. The van der Waals surface area contributed by atoms with E-state index >= 15 is 0 Å². The number of fused-ring (bicyclic) bond motifs is 1. The first-order chi connectivity index (χ1) is 16.0. The van der Waals surface area contributed by atoms with Crippen LogP contribution in [0.3, 0.4) is 0 Å². The normalized spacial score (nSPS) is 11.0. The molecule has 0 aliphatic heterocycles. The van der Waals surface area contributed by atoms with Gasteiger partial charge in [0, 0.05) is 41.3 Å². The van der Waals surface area contributed by atoms with Gasteiger partial charge in [-0.05, 0) is 37.5 Å². The van der Waals surface area contributed by atoms with Crippen LogP contribution in [0, 0.1) is 13.8 Å². The fourth-order valence-electron chi connectivity index (χ4n) is 3.93. The molecule has 1 amide bonds. The van der Waals surface area contributed by atoms with Gasteiger partial charge in [-0.3, -0.25) is 14.3 Å². The zero-order chi connectivity index (χ0) is 23.2. The van der Waals surface area contributed by atoms with E-state index < -0.39 is 5.97 Å². The summed E-state index contributed by atoms with van der Waals surface area (Å²) in [6.07, 6.45) is 2.69. The molecule has 0 aliphatic rings. The van der Waals surface area contributed by atoms with Gasteiger partial charge in [0.25, 0.3) is 5.91 Å². The van der Waals surface area contributed by atoms with Crippen LogP contribution in [0.25, 0.3) is 10.9 Å². The summed E-state index contributed by atoms with van der Waals surface area (Å²) in [6.45, 7) is 4.66. The predicted molar refractivity (Wildman–Crippen MR) is 127 cm³/mol. The van der Waals surface area contributed by atoms with Crippen molar-refractivity contribution < 1.29 is 14.3 Å². The number of carbonyl (C=O) groups excluding carboxylic acids is 2. The molecular formula is C26H28N4O3. The molecule has 0 saturated carbocycles. The molecule has 0 unspecified atom stereocenters. The molecule has 2 aromatic heterocycles. The van der Waals surface area contributed by atoms with Crippen molar-refractivity contribution in [1.29, 1.82) is 0 Å². The molecule has 4 rings (SSSR count). The van der Waals surface area contributed by atoms with Crippen molar-refractivity contribution in [3.8, 4) is 0 Å². The van der Waals surface area contributed by atoms with Crippen molar-refractivity contribution in [2.75, 3.05) is 6.61 Å². The lowest BCUT2D eigenvalue weighted by molar-refractivity contribution is -0.148. The zero-order valence-corrected chi connectivity index (χ0v) is 18.9. The molecule has 170 valence electrons. The van der Waals surface area contributed by atoms with E-state index in [4.69, 9.17) is 4.74 Å². The third kappa shape index (κ3) is 5.49. The van der Waals surface area contributed by atoms with E-state index in [0.717, 1.165) is 33.4 Å². The Morgan fingerprint density at radius 1 is 1.06 bits per heavy atom. The predicted octanol–water partition coefficient (Wildman–Crippen LogP) is 3.82. The summed E-state index contributed by atoms with van der Waals surface area (Å²) in [5, 5.41) is 8.54. The topological polar surface area (TPSA) is 89.0 Å². The van der Waals surface area contributed by atoms with Crippen LogP contribution < -0.4 is 5.32 Å². The average Bonchev–Trinajstić information content (AvgIpc) is 3.35. The minimum absolute atomic E-state index is 0.222. The fraction of sp³-hybridized carbons (Fsp3) is 0.269. The maximum Gasteiger partial charge on any atom is 0.306 e. The quantitative estimate of drug-likeness (QED) is 0.384. The number of nitrogens with one attached hydrogen (secondary N) is 2. The number of benzene rings is 2. The Hall–Kier alpha value is -3.87. The number of nitrogens with zero attached hydrogens (tertiary/aromatic N) is 2. The first kappa shape index (κ1) is 22.3. The van der Waals surface area contributed by atoms with Crippen LogP contribution in [-0.2, 0) is 33.8 Å². The van der Waals surface area contributed by atoms with E-state index in [-0.39, 0.29) is 18.9 Å². The minimum Gasteiger partial charge on any atom is -0.456 e. The minimum atomic E-state index is -0.390. The van der Waals surface area contributed by atoms with E-state index in [9.17, 15) is 9.59 Å². The summed E-state index contributed by atoms with van der Waals surface area (Å²) < 4.78 is 7.11. The number of hydrogen-bond acceptors (Lipinski definition) is 4. The highest BCUT2D eigenvalue weighted by Crippen LogP contribution is 2.19. The van der Waals surface area contributed by atoms with E-state index in [2.05, 4.69) is 27.5 Å². The number of rotatable bonds is 9. The van der Waals surface area contributed by atoms with Crippen molar-refractivity contribution in [3.05, 3.63) is 88.9 Å². The molecule has 0 aliphatic carbocycles. The van der Waals surface area contributed by atoms with Crippen LogP contribution in [0.15, 0.2) is 60.8 Å². The van der Waals surface area contributed by atoms with E-state index in [1.165, 1.54) is 5.56 Å². The van der Waals surface area contributed by atoms with Gasteiger partial charge in [-0.15, -0.1) is 0 Å². The van der Waals surface area contributed by atoms with Gasteiger partial charge in [0.2, 0.25) is 0 Å². The lowest BCUT2D eigenvalue weighted by Crippen LogP contribution is -2.28. The number of ether oxygens (including phenoxy) is 1. The Balaban J connectivity index is 1.23. The van der Waals surface area contributed by atoms with Crippen LogP contribution in [0.1, 0.15) is 34.5 Å². The number of carbonyl (C=O) groups is 2.